The van der Waals surface area contributed by atoms with E-state index in [2.05, 4.69) is 31.4 Å². The number of ether oxygens (including phenoxy) is 1. The van der Waals surface area contributed by atoms with Gasteiger partial charge in [0, 0.05) is 26.3 Å². The van der Waals surface area contributed by atoms with Gasteiger partial charge in [0.25, 0.3) is 0 Å². The fourth-order valence-electron chi connectivity index (χ4n) is 2.16. The van der Waals surface area contributed by atoms with Crippen LogP contribution in [0.4, 0.5) is 0 Å². The molecule has 0 aliphatic rings. The Bertz CT molecular complexity index is 237. The Morgan fingerprint density at radius 1 is 0.952 bits per heavy atom. The van der Waals surface area contributed by atoms with E-state index in [9.17, 15) is 0 Å². The fraction of sp³-hybridized carbons (Fsp3) is 0.941. The lowest BCUT2D eigenvalue weighted by Gasteiger charge is -2.15. The summed E-state index contributed by atoms with van der Waals surface area (Å²) < 4.78 is 5.77. The molecule has 1 atom stereocenters. The number of hydrogen-bond acceptors (Lipinski definition) is 2. The van der Waals surface area contributed by atoms with Crippen LogP contribution in [0, 0.1) is 5.92 Å². The van der Waals surface area contributed by atoms with Gasteiger partial charge in [-0.2, -0.15) is 0 Å². The third-order valence-electron chi connectivity index (χ3n) is 3.71. The van der Waals surface area contributed by atoms with Crippen molar-refractivity contribution in [3.8, 4) is 0 Å². The summed E-state index contributed by atoms with van der Waals surface area (Å²) >= 11 is 5.23. The van der Waals surface area contributed by atoms with Crippen molar-refractivity contribution in [3.63, 3.8) is 0 Å². The Hall–Kier alpha value is -0.350. The van der Waals surface area contributed by atoms with E-state index in [4.69, 9.17) is 17.0 Å². The van der Waals surface area contributed by atoms with Crippen molar-refractivity contribution in [2.45, 2.75) is 72.1 Å². The van der Waals surface area contributed by atoms with Gasteiger partial charge in [-0.1, -0.05) is 52.9 Å². The maximum atomic E-state index is 5.77. The molecule has 3 nitrogen and oxygen atoms in total. The van der Waals surface area contributed by atoms with E-state index in [0.717, 1.165) is 43.8 Å². The summed E-state index contributed by atoms with van der Waals surface area (Å²) in [5.74, 6) is 0.735. The topological polar surface area (TPSA) is 33.3 Å². The molecule has 0 heterocycles. The number of nitrogens with one attached hydrogen (secondary N) is 2. The highest BCUT2D eigenvalue weighted by Gasteiger charge is 2.05. The lowest BCUT2D eigenvalue weighted by molar-refractivity contribution is 0.0927. The van der Waals surface area contributed by atoms with Crippen molar-refractivity contribution < 1.29 is 4.74 Å². The van der Waals surface area contributed by atoms with Gasteiger partial charge in [0.1, 0.15) is 0 Å². The van der Waals surface area contributed by atoms with Crippen LogP contribution in [0.15, 0.2) is 0 Å². The molecule has 0 aliphatic carbocycles. The van der Waals surface area contributed by atoms with Crippen LogP contribution in [0.5, 0.6) is 0 Å². The minimum Gasteiger partial charge on any atom is -0.381 e. The summed E-state index contributed by atoms with van der Waals surface area (Å²) in [6.07, 6.45) is 9.85. The monoisotopic (exact) mass is 316 g/mol. The largest absolute Gasteiger partial charge is 0.381 e. The Kier molecular flexibility index (Phi) is 15.8. The van der Waals surface area contributed by atoms with E-state index in [1.807, 2.05) is 0 Å². The first-order valence-electron chi connectivity index (χ1n) is 8.83. The molecule has 0 aliphatic heterocycles. The summed E-state index contributed by atoms with van der Waals surface area (Å²) in [6, 6.07) is 0. The molecule has 1 unspecified atom stereocenters. The maximum Gasteiger partial charge on any atom is 0.166 e. The highest BCUT2D eigenvalue weighted by molar-refractivity contribution is 7.80. The van der Waals surface area contributed by atoms with E-state index >= 15 is 0 Å². The minimum absolute atomic E-state index is 0.735. The molecule has 0 fully saturated rings. The zero-order chi connectivity index (χ0) is 15.8. The molecule has 126 valence electrons. The first kappa shape index (κ1) is 20.6. The second kappa shape index (κ2) is 16.0. The zero-order valence-corrected chi connectivity index (χ0v) is 15.2. The van der Waals surface area contributed by atoms with Crippen LogP contribution in [-0.2, 0) is 4.74 Å². The van der Waals surface area contributed by atoms with Crippen molar-refractivity contribution in [1.82, 2.24) is 10.6 Å². The lowest BCUT2D eigenvalue weighted by Crippen LogP contribution is -2.36. The van der Waals surface area contributed by atoms with Gasteiger partial charge in [0.05, 0.1) is 0 Å². The molecule has 0 radical (unpaired) electrons. The highest BCUT2D eigenvalue weighted by atomic mass is 32.1. The Labute approximate surface area is 137 Å². The van der Waals surface area contributed by atoms with E-state index in [-0.39, 0.29) is 0 Å². The smallest absolute Gasteiger partial charge is 0.166 e. The van der Waals surface area contributed by atoms with Gasteiger partial charge in [-0.05, 0) is 37.4 Å². The molecule has 0 aromatic heterocycles. The molecule has 0 aromatic rings. The SMILES string of the molecule is CCCCCNC(=S)NCCCOCC(CC)CCCC. The molecule has 0 saturated carbocycles. The molecule has 0 aromatic carbocycles. The molecule has 0 saturated heterocycles. The average Bonchev–Trinajstić information content (AvgIpc) is 2.50. The molecular weight excluding hydrogens is 280 g/mol. The lowest BCUT2D eigenvalue weighted by atomic mass is 10.0. The van der Waals surface area contributed by atoms with Crippen LogP contribution in [0.2, 0.25) is 0 Å². The number of thiocarbonyl (C=S) groups is 1. The number of unbranched alkanes of at least 4 members (excludes halogenated alkanes) is 3. The Balaban J connectivity index is 3.35. The van der Waals surface area contributed by atoms with E-state index in [1.165, 1.54) is 44.9 Å². The van der Waals surface area contributed by atoms with Crippen molar-refractivity contribution in [3.05, 3.63) is 0 Å². The molecule has 21 heavy (non-hydrogen) atoms. The predicted molar refractivity (Wildman–Crippen MR) is 96.9 cm³/mol. The van der Waals surface area contributed by atoms with Gasteiger partial charge in [0.15, 0.2) is 5.11 Å². The van der Waals surface area contributed by atoms with E-state index in [1.54, 1.807) is 0 Å². The van der Waals surface area contributed by atoms with Gasteiger partial charge in [-0.3, -0.25) is 0 Å². The molecule has 0 rings (SSSR count). The van der Waals surface area contributed by atoms with Crippen LogP contribution < -0.4 is 10.6 Å². The van der Waals surface area contributed by atoms with Gasteiger partial charge < -0.3 is 15.4 Å². The normalized spacial score (nSPS) is 12.1. The summed E-state index contributed by atoms with van der Waals surface area (Å²) in [5.41, 5.74) is 0. The standard InChI is InChI=1S/C17H36N2OS/c1-4-7-9-12-18-17(21)19-13-10-14-20-15-16(6-3)11-8-5-2/h16H,4-15H2,1-3H3,(H2,18,19,21). The molecule has 0 amide bonds. The summed E-state index contributed by atoms with van der Waals surface area (Å²) in [6.45, 7) is 10.3. The minimum atomic E-state index is 0.735. The van der Waals surface area contributed by atoms with Gasteiger partial charge in [-0.25, -0.2) is 0 Å². The number of hydrogen-bond donors (Lipinski definition) is 2. The van der Waals surface area contributed by atoms with E-state index in [0.29, 0.717) is 0 Å². The first-order valence-corrected chi connectivity index (χ1v) is 9.24. The molecule has 2 N–H and O–H groups in total. The fourth-order valence-corrected chi connectivity index (χ4v) is 2.37. The average molecular weight is 317 g/mol. The van der Waals surface area contributed by atoms with E-state index < -0.39 is 0 Å². The van der Waals surface area contributed by atoms with Gasteiger partial charge >= 0.3 is 0 Å². The number of rotatable bonds is 14. The third-order valence-corrected chi connectivity index (χ3v) is 4.00. The summed E-state index contributed by atoms with van der Waals surface area (Å²) in [5, 5.41) is 7.25. The maximum absolute atomic E-state index is 5.77. The highest BCUT2D eigenvalue weighted by Crippen LogP contribution is 2.12. The quantitative estimate of drug-likeness (QED) is 0.370. The predicted octanol–water partition coefficient (Wildman–Crippen LogP) is 4.26. The van der Waals surface area contributed by atoms with Crippen molar-refractivity contribution in [2.75, 3.05) is 26.3 Å². The van der Waals surface area contributed by atoms with Crippen LogP contribution in [0.1, 0.15) is 72.1 Å². The second-order valence-electron chi connectivity index (χ2n) is 5.73. The zero-order valence-electron chi connectivity index (χ0n) is 14.4. The first-order chi connectivity index (χ1) is 10.2. The third kappa shape index (κ3) is 14.4. The van der Waals surface area contributed by atoms with Crippen LogP contribution in [0.25, 0.3) is 0 Å². The molecule has 4 heteroatoms. The van der Waals surface area contributed by atoms with Gasteiger partial charge in [-0.15, -0.1) is 0 Å². The Morgan fingerprint density at radius 2 is 1.62 bits per heavy atom. The van der Waals surface area contributed by atoms with Crippen LogP contribution in [0.3, 0.4) is 0 Å². The van der Waals surface area contributed by atoms with Crippen LogP contribution >= 0.6 is 12.2 Å². The van der Waals surface area contributed by atoms with Crippen molar-refractivity contribution in [2.24, 2.45) is 5.92 Å². The van der Waals surface area contributed by atoms with Gasteiger partial charge in [0.2, 0.25) is 0 Å². The van der Waals surface area contributed by atoms with Crippen molar-refractivity contribution >= 4 is 17.3 Å². The second-order valence-corrected chi connectivity index (χ2v) is 6.14. The summed E-state index contributed by atoms with van der Waals surface area (Å²) in [7, 11) is 0. The Morgan fingerprint density at radius 3 is 2.24 bits per heavy atom. The summed E-state index contributed by atoms with van der Waals surface area (Å²) in [4.78, 5) is 0. The molecular formula is C17H36N2OS. The van der Waals surface area contributed by atoms with Crippen LogP contribution in [-0.4, -0.2) is 31.4 Å². The molecule has 0 bridgehead atoms. The van der Waals surface area contributed by atoms with Crippen molar-refractivity contribution in [1.29, 1.82) is 0 Å². The molecule has 0 spiro atoms.